The Hall–Kier alpha value is -3.94. The molecule has 0 fully saturated rings. The zero-order chi connectivity index (χ0) is 22.1. The number of furan rings is 1. The fourth-order valence-electron chi connectivity index (χ4n) is 3.50. The van der Waals surface area contributed by atoms with Gasteiger partial charge in [0.1, 0.15) is 24.3 Å². The first-order chi connectivity index (χ1) is 14.8. The number of anilines is 2. The predicted octanol–water partition coefficient (Wildman–Crippen LogP) is 4.40. The number of carbonyl (C=O) groups is 2. The summed E-state index contributed by atoms with van der Waals surface area (Å²) >= 11 is 0. The maximum absolute atomic E-state index is 12.8. The molecule has 2 aromatic heterocycles. The number of hydrogen-bond acceptors (Lipinski definition) is 5. The van der Waals surface area contributed by atoms with Crippen molar-refractivity contribution in [2.45, 2.75) is 33.7 Å². The van der Waals surface area contributed by atoms with Crippen LogP contribution in [-0.4, -0.2) is 26.6 Å². The number of amides is 2. The summed E-state index contributed by atoms with van der Waals surface area (Å²) in [6.45, 7) is 7.59. The van der Waals surface area contributed by atoms with E-state index in [1.54, 1.807) is 31.2 Å². The van der Waals surface area contributed by atoms with Crippen molar-refractivity contribution in [1.29, 1.82) is 0 Å². The fourth-order valence-corrected chi connectivity index (χ4v) is 3.50. The lowest BCUT2D eigenvalue weighted by Crippen LogP contribution is -2.24. The second-order valence-electron chi connectivity index (χ2n) is 7.53. The molecule has 2 N–H and O–H groups in total. The summed E-state index contributed by atoms with van der Waals surface area (Å²) in [4.78, 5) is 29.0. The molecule has 158 valence electrons. The molecule has 2 aromatic carbocycles. The van der Waals surface area contributed by atoms with Crippen molar-refractivity contribution < 1.29 is 14.0 Å². The molecule has 8 heteroatoms. The van der Waals surface area contributed by atoms with Gasteiger partial charge in [0.25, 0.3) is 5.91 Å². The highest BCUT2D eigenvalue weighted by atomic mass is 16.3. The summed E-state index contributed by atoms with van der Waals surface area (Å²) in [6.07, 6.45) is 2.87. The maximum Gasteiger partial charge on any atom is 0.291 e. The number of carbonyl (C=O) groups excluding carboxylic acids is 2. The molecule has 2 heterocycles. The van der Waals surface area contributed by atoms with Gasteiger partial charge in [-0.05, 0) is 63.1 Å². The van der Waals surface area contributed by atoms with Crippen LogP contribution in [0.25, 0.3) is 11.0 Å². The van der Waals surface area contributed by atoms with E-state index in [2.05, 4.69) is 20.7 Å². The molecular weight excluding hydrogens is 394 g/mol. The van der Waals surface area contributed by atoms with Gasteiger partial charge in [-0.15, -0.1) is 0 Å². The molecule has 0 aliphatic rings. The smallest absolute Gasteiger partial charge is 0.291 e. The van der Waals surface area contributed by atoms with Gasteiger partial charge in [-0.1, -0.05) is 12.1 Å². The van der Waals surface area contributed by atoms with Crippen LogP contribution in [0.5, 0.6) is 0 Å². The van der Waals surface area contributed by atoms with E-state index in [-0.39, 0.29) is 11.8 Å². The monoisotopic (exact) mass is 417 g/mol. The first-order valence-electron chi connectivity index (χ1n) is 9.91. The summed E-state index contributed by atoms with van der Waals surface area (Å²) in [5.74, 6) is -0.235. The first kappa shape index (κ1) is 20.3. The van der Waals surface area contributed by atoms with Gasteiger partial charge in [0.15, 0.2) is 5.76 Å². The van der Waals surface area contributed by atoms with Crippen LogP contribution < -0.4 is 10.6 Å². The molecule has 4 rings (SSSR count). The molecule has 0 saturated heterocycles. The number of nitrogens with zero attached hydrogens (tertiary/aromatic N) is 3. The standard InChI is InChI=1S/C23H23N5O3/c1-13-5-6-14(2)20-19(13)15(3)21(31-20)23(30)27-18-9-7-17(8-10-18)26-22(29)16(4)28-12-24-11-25-28/h5-12,16H,1-4H3,(H,26,29)(H,27,30). The number of aromatic nitrogens is 3. The lowest BCUT2D eigenvalue weighted by atomic mass is 10.0. The van der Waals surface area contributed by atoms with Gasteiger partial charge in [0, 0.05) is 22.3 Å². The van der Waals surface area contributed by atoms with Crippen LogP contribution in [0.1, 0.15) is 40.2 Å². The SMILES string of the molecule is Cc1ccc(C)c2c(C)c(C(=O)Nc3ccc(NC(=O)C(C)n4cncn4)cc3)oc12. The van der Waals surface area contributed by atoms with E-state index in [1.807, 2.05) is 32.9 Å². The third-order valence-electron chi connectivity index (χ3n) is 5.31. The van der Waals surface area contributed by atoms with Crippen molar-refractivity contribution >= 4 is 34.2 Å². The zero-order valence-corrected chi connectivity index (χ0v) is 17.8. The third kappa shape index (κ3) is 3.92. The van der Waals surface area contributed by atoms with E-state index in [0.717, 1.165) is 27.7 Å². The van der Waals surface area contributed by atoms with E-state index in [4.69, 9.17) is 4.42 Å². The molecule has 0 radical (unpaired) electrons. The second kappa shape index (κ2) is 8.06. The Bertz CT molecular complexity index is 1260. The number of benzene rings is 2. The van der Waals surface area contributed by atoms with E-state index in [0.29, 0.717) is 17.1 Å². The van der Waals surface area contributed by atoms with Gasteiger partial charge < -0.3 is 15.1 Å². The Kier molecular flexibility index (Phi) is 5.29. The van der Waals surface area contributed by atoms with Gasteiger partial charge in [0.05, 0.1) is 0 Å². The van der Waals surface area contributed by atoms with Gasteiger partial charge >= 0.3 is 0 Å². The molecule has 0 spiro atoms. The van der Waals surface area contributed by atoms with Crippen LogP contribution in [0.3, 0.4) is 0 Å². The quantitative estimate of drug-likeness (QED) is 0.501. The van der Waals surface area contributed by atoms with E-state index >= 15 is 0 Å². The number of hydrogen-bond donors (Lipinski definition) is 2. The van der Waals surface area contributed by atoms with Crippen LogP contribution >= 0.6 is 0 Å². The Morgan fingerprint density at radius 3 is 2.23 bits per heavy atom. The Morgan fingerprint density at radius 2 is 1.61 bits per heavy atom. The van der Waals surface area contributed by atoms with Crippen molar-refractivity contribution in [3.63, 3.8) is 0 Å². The molecular formula is C23H23N5O3. The Balaban J connectivity index is 1.47. The minimum absolute atomic E-state index is 0.217. The lowest BCUT2D eigenvalue weighted by Gasteiger charge is -2.12. The van der Waals surface area contributed by atoms with E-state index in [1.165, 1.54) is 17.3 Å². The van der Waals surface area contributed by atoms with Crippen molar-refractivity contribution in [1.82, 2.24) is 14.8 Å². The number of fused-ring (bicyclic) bond motifs is 1. The molecule has 1 unspecified atom stereocenters. The lowest BCUT2D eigenvalue weighted by molar-refractivity contribution is -0.119. The van der Waals surface area contributed by atoms with Crippen LogP contribution in [-0.2, 0) is 4.79 Å². The molecule has 31 heavy (non-hydrogen) atoms. The highest BCUT2D eigenvalue weighted by molar-refractivity contribution is 6.07. The van der Waals surface area contributed by atoms with Crippen molar-refractivity contribution in [2.75, 3.05) is 10.6 Å². The van der Waals surface area contributed by atoms with Gasteiger partial charge in [-0.2, -0.15) is 5.10 Å². The number of rotatable bonds is 5. The van der Waals surface area contributed by atoms with Gasteiger partial charge in [-0.3, -0.25) is 9.59 Å². The maximum atomic E-state index is 12.8. The first-order valence-corrected chi connectivity index (χ1v) is 9.91. The molecule has 0 bridgehead atoms. The van der Waals surface area contributed by atoms with Gasteiger partial charge in [0.2, 0.25) is 5.91 Å². The zero-order valence-electron chi connectivity index (χ0n) is 17.8. The summed E-state index contributed by atoms with van der Waals surface area (Å²) < 4.78 is 7.38. The topological polar surface area (TPSA) is 102 Å². The molecule has 2 amide bonds. The van der Waals surface area contributed by atoms with Crippen molar-refractivity contribution in [2.24, 2.45) is 0 Å². The van der Waals surface area contributed by atoms with Crippen LogP contribution in [0.15, 0.2) is 53.5 Å². The van der Waals surface area contributed by atoms with Crippen LogP contribution in [0.4, 0.5) is 11.4 Å². The normalized spacial score (nSPS) is 12.0. The Labute approximate surface area is 179 Å². The molecule has 0 aliphatic carbocycles. The largest absolute Gasteiger partial charge is 0.450 e. The van der Waals surface area contributed by atoms with E-state index in [9.17, 15) is 9.59 Å². The number of aryl methyl sites for hydroxylation is 3. The van der Waals surface area contributed by atoms with Gasteiger partial charge in [-0.25, -0.2) is 9.67 Å². The van der Waals surface area contributed by atoms with E-state index < -0.39 is 6.04 Å². The Morgan fingerprint density at radius 1 is 0.968 bits per heavy atom. The second-order valence-corrected chi connectivity index (χ2v) is 7.53. The number of nitrogens with one attached hydrogen (secondary N) is 2. The molecule has 8 nitrogen and oxygen atoms in total. The van der Waals surface area contributed by atoms with Crippen molar-refractivity contribution in [3.8, 4) is 0 Å². The average molecular weight is 417 g/mol. The molecule has 1 atom stereocenters. The summed E-state index contributed by atoms with van der Waals surface area (Å²) in [5, 5.41) is 10.6. The molecule has 0 saturated carbocycles. The van der Waals surface area contributed by atoms with Crippen molar-refractivity contribution in [3.05, 3.63) is 71.5 Å². The molecule has 4 aromatic rings. The van der Waals surface area contributed by atoms with Crippen LogP contribution in [0.2, 0.25) is 0 Å². The summed E-state index contributed by atoms with van der Waals surface area (Å²) in [5.41, 5.74) is 4.83. The summed E-state index contributed by atoms with van der Waals surface area (Å²) in [6, 6.07) is 10.4. The predicted molar refractivity (Wildman–Crippen MR) is 118 cm³/mol. The molecule has 0 aliphatic heterocycles. The minimum Gasteiger partial charge on any atom is -0.450 e. The average Bonchev–Trinajstić information content (AvgIpc) is 3.40. The van der Waals surface area contributed by atoms with Crippen LogP contribution in [0, 0.1) is 20.8 Å². The fraction of sp³-hybridized carbons (Fsp3) is 0.217. The highest BCUT2D eigenvalue weighted by Crippen LogP contribution is 2.31. The summed E-state index contributed by atoms with van der Waals surface area (Å²) in [7, 11) is 0. The highest BCUT2D eigenvalue weighted by Gasteiger charge is 2.20. The third-order valence-corrected chi connectivity index (χ3v) is 5.31. The minimum atomic E-state index is -0.496.